The minimum Gasteiger partial charge on any atom is -0.496 e. The molecule has 3 aromatic rings. The summed E-state index contributed by atoms with van der Waals surface area (Å²) in [6.07, 6.45) is 1.45. The van der Waals surface area contributed by atoms with Crippen molar-refractivity contribution in [1.82, 2.24) is 19.7 Å². The fraction of sp³-hybridized carbons (Fsp3) is 0.548. The number of aliphatic carboxylic acids is 1. The van der Waals surface area contributed by atoms with Gasteiger partial charge in [-0.3, -0.25) is 14.3 Å². The van der Waals surface area contributed by atoms with Gasteiger partial charge in [0.15, 0.2) is 0 Å². The van der Waals surface area contributed by atoms with Crippen LogP contribution in [-0.4, -0.2) is 56.8 Å². The summed E-state index contributed by atoms with van der Waals surface area (Å²) in [5.74, 6) is 0.188. The largest absolute Gasteiger partial charge is 0.496 e. The molecule has 0 radical (unpaired) electrons. The normalized spacial score (nSPS) is 14.9. The summed E-state index contributed by atoms with van der Waals surface area (Å²) in [5, 5.41) is 14.5. The van der Waals surface area contributed by atoms with Crippen molar-refractivity contribution in [2.45, 2.75) is 91.0 Å². The van der Waals surface area contributed by atoms with E-state index in [0.717, 1.165) is 55.2 Å². The molecule has 1 amide bonds. The quantitative estimate of drug-likeness (QED) is 0.259. The van der Waals surface area contributed by atoms with Crippen LogP contribution in [0, 0.1) is 10.5 Å². The number of rotatable bonds is 7. The maximum Gasteiger partial charge on any atom is 0.309 e. The van der Waals surface area contributed by atoms with Crippen molar-refractivity contribution in [3.8, 4) is 17.0 Å². The number of ether oxygens (including phenoxy) is 1. The summed E-state index contributed by atoms with van der Waals surface area (Å²) in [7, 11) is 1.73. The fourth-order valence-corrected chi connectivity index (χ4v) is 7.32. The first kappa shape index (κ1) is 32.7. The number of likely N-dealkylation sites (tertiary alicyclic amines) is 1. The summed E-state index contributed by atoms with van der Waals surface area (Å²) < 4.78 is 9.02. The van der Waals surface area contributed by atoms with Crippen molar-refractivity contribution in [3.05, 3.63) is 47.6 Å². The molecule has 1 aromatic carbocycles. The smallest absolute Gasteiger partial charge is 0.309 e. The number of hydrogen-bond donors (Lipinski definition) is 1. The first-order chi connectivity index (χ1) is 19.5. The topological polar surface area (TPSA) is 97.5 Å². The van der Waals surface area contributed by atoms with Crippen LogP contribution in [0.4, 0.5) is 0 Å². The molecule has 0 atom stereocenters. The van der Waals surface area contributed by atoms with Gasteiger partial charge in [-0.2, -0.15) is 5.10 Å². The Morgan fingerprint density at radius 2 is 1.69 bits per heavy atom. The van der Waals surface area contributed by atoms with Gasteiger partial charge >= 0.3 is 5.97 Å². The molecule has 1 saturated heterocycles. The van der Waals surface area contributed by atoms with Gasteiger partial charge in [0.1, 0.15) is 22.3 Å². The highest BCUT2D eigenvalue weighted by Gasteiger charge is 2.31. The van der Waals surface area contributed by atoms with Crippen LogP contribution in [0.5, 0.6) is 5.75 Å². The van der Waals surface area contributed by atoms with Crippen molar-refractivity contribution in [2.24, 2.45) is 0 Å². The number of nitrogens with zero attached hydrogens (tertiary/aromatic N) is 4. The Bertz CT molecular complexity index is 1460. The SMILES string of the molecule is COc1c(C(C)(C)C)cc(-c2nc(C3CCN(C(=O)Cn4nc(CC(=O)O)c(I)c4C)CC3)sc2Cl)cc1C(C)(C)C. The summed E-state index contributed by atoms with van der Waals surface area (Å²) in [4.78, 5) is 31.2. The Kier molecular flexibility index (Phi) is 9.69. The van der Waals surface area contributed by atoms with Gasteiger partial charge in [-0.25, -0.2) is 4.98 Å². The Morgan fingerprint density at radius 1 is 1.12 bits per heavy atom. The van der Waals surface area contributed by atoms with Crippen molar-refractivity contribution in [3.63, 3.8) is 0 Å². The highest BCUT2D eigenvalue weighted by atomic mass is 127. The number of hydrogen-bond acceptors (Lipinski definition) is 6. The van der Waals surface area contributed by atoms with Crippen molar-refractivity contribution in [2.75, 3.05) is 20.2 Å². The predicted molar refractivity (Wildman–Crippen MR) is 176 cm³/mol. The lowest BCUT2D eigenvalue weighted by Crippen LogP contribution is -2.40. The standard InChI is InChI=1S/C31H40ClIN4O4S/c1-17-25(33)22(15-24(39)40)35-37(17)16-23(38)36-11-9-18(10-12-36)29-34-26(28(32)42-29)19-13-20(30(2,3)4)27(41-8)21(14-19)31(5,6)7/h13-14,18H,9-12,15-16H2,1-8H3,(H,39,40). The van der Waals surface area contributed by atoms with E-state index < -0.39 is 5.97 Å². The Balaban J connectivity index is 1.52. The van der Waals surface area contributed by atoms with Gasteiger partial charge in [0.2, 0.25) is 5.91 Å². The molecule has 0 bridgehead atoms. The molecular weight excluding hydrogens is 687 g/mol. The summed E-state index contributed by atoms with van der Waals surface area (Å²) in [6.45, 7) is 16.3. The van der Waals surface area contributed by atoms with Gasteiger partial charge in [0.05, 0.1) is 27.8 Å². The summed E-state index contributed by atoms with van der Waals surface area (Å²) >= 11 is 10.5. The Hall–Kier alpha value is -2.18. The van der Waals surface area contributed by atoms with Crippen LogP contribution < -0.4 is 4.74 Å². The molecule has 0 unspecified atom stereocenters. The highest BCUT2D eigenvalue weighted by Crippen LogP contribution is 2.45. The molecule has 0 aliphatic carbocycles. The molecule has 11 heteroatoms. The van der Waals surface area contributed by atoms with Crippen LogP contribution >= 0.6 is 45.5 Å². The van der Waals surface area contributed by atoms with E-state index in [9.17, 15) is 9.59 Å². The number of methoxy groups -OCH3 is 1. The molecule has 2 aromatic heterocycles. The zero-order chi connectivity index (χ0) is 31.1. The molecule has 42 heavy (non-hydrogen) atoms. The van der Waals surface area contributed by atoms with E-state index in [4.69, 9.17) is 26.4 Å². The number of benzene rings is 1. The number of carboxylic acid groups (broad SMARTS) is 1. The van der Waals surface area contributed by atoms with E-state index in [0.29, 0.717) is 23.1 Å². The third-order valence-corrected chi connectivity index (χ3v) is 10.6. The van der Waals surface area contributed by atoms with Gasteiger partial charge in [-0.1, -0.05) is 53.1 Å². The van der Waals surface area contributed by atoms with E-state index in [2.05, 4.69) is 81.4 Å². The lowest BCUT2D eigenvalue weighted by atomic mass is 9.78. The van der Waals surface area contributed by atoms with E-state index >= 15 is 0 Å². The van der Waals surface area contributed by atoms with Crippen LogP contribution in [-0.2, 0) is 33.4 Å². The third kappa shape index (κ3) is 6.96. The van der Waals surface area contributed by atoms with Crippen molar-refractivity contribution >= 4 is 57.4 Å². The van der Waals surface area contributed by atoms with Crippen LogP contribution in [0.2, 0.25) is 4.34 Å². The lowest BCUT2D eigenvalue weighted by molar-refractivity contribution is -0.136. The second-order valence-electron chi connectivity index (χ2n) is 13.0. The minimum atomic E-state index is -0.937. The lowest BCUT2D eigenvalue weighted by Gasteiger charge is -2.31. The second kappa shape index (κ2) is 12.4. The molecule has 4 rings (SSSR count). The Labute approximate surface area is 270 Å². The van der Waals surface area contributed by atoms with Crippen LogP contribution in [0.25, 0.3) is 11.3 Å². The zero-order valence-electron chi connectivity index (χ0n) is 25.6. The molecule has 1 aliphatic rings. The number of thiazole rings is 1. The van der Waals surface area contributed by atoms with Crippen LogP contribution in [0.1, 0.15) is 87.8 Å². The average Bonchev–Trinajstić information content (AvgIpc) is 3.41. The van der Waals surface area contributed by atoms with Gasteiger partial charge in [-0.05, 0) is 65.3 Å². The maximum atomic E-state index is 13.1. The maximum absolute atomic E-state index is 13.1. The average molecular weight is 727 g/mol. The minimum absolute atomic E-state index is 0.0159. The predicted octanol–water partition coefficient (Wildman–Crippen LogP) is 7.21. The van der Waals surface area contributed by atoms with E-state index in [-0.39, 0.29) is 35.6 Å². The van der Waals surface area contributed by atoms with Crippen molar-refractivity contribution in [1.29, 1.82) is 0 Å². The van der Waals surface area contributed by atoms with Crippen molar-refractivity contribution < 1.29 is 19.4 Å². The molecule has 1 aliphatic heterocycles. The molecular formula is C31H40ClIN4O4S. The zero-order valence-corrected chi connectivity index (χ0v) is 29.3. The first-order valence-electron chi connectivity index (χ1n) is 14.1. The number of aromatic nitrogens is 3. The van der Waals surface area contributed by atoms with Crippen LogP contribution in [0.3, 0.4) is 0 Å². The highest BCUT2D eigenvalue weighted by molar-refractivity contribution is 14.1. The molecule has 3 heterocycles. The monoisotopic (exact) mass is 726 g/mol. The molecule has 0 saturated carbocycles. The number of piperidine rings is 1. The number of halogens is 2. The summed E-state index contributed by atoms with van der Waals surface area (Å²) in [5.41, 5.74) is 5.09. The number of carbonyl (C=O) groups is 2. The van der Waals surface area contributed by atoms with E-state index in [1.807, 2.05) is 11.8 Å². The third-order valence-electron chi connectivity index (χ3n) is 7.79. The molecule has 1 N–H and O–H groups in total. The van der Waals surface area contributed by atoms with E-state index in [1.165, 1.54) is 11.3 Å². The molecule has 0 spiro atoms. The molecule has 8 nitrogen and oxygen atoms in total. The number of amides is 1. The number of carboxylic acids is 1. The fourth-order valence-electron chi connectivity index (χ4n) is 5.37. The van der Waals surface area contributed by atoms with Gasteiger partial charge in [-0.15, -0.1) is 11.3 Å². The molecule has 1 fully saturated rings. The second-order valence-corrected chi connectivity index (χ2v) is 15.7. The molecule has 228 valence electrons. The van der Waals surface area contributed by atoms with Crippen LogP contribution in [0.15, 0.2) is 12.1 Å². The number of carbonyl (C=O) groups excluding carboxylic acids is 1. The first-order valence-corrected chi connectivity index (χ1v) is 16.4. The van der Waals surface area contributed by atoms with Gasteiger partial charge < -0.3 is 14.7 Å². The van der Waals surface area contributed by atoms with E-state index in [1.54, 1.807) is 11.8 Å². The van der Waals surface area contributed by atoms with Gasteiger partial charge in [0, 0.05) is 41.4 Å². The Morgan fingerprint density at radius 3 is 2.19 bits per heavy atom. The summed E-state index contributed by atoms with van der Waals surface area (Å²) in [6, 6.07) is 4.33. The van der Waals surface area contributed by atoms with Gasteiger partial charge in [0.25, 0.3) is 0 Å².